The highest BCUT2D eigenvalue weighted by Gasteiger charge is 2.35. The Morgan fingerprint density at radius 3 is 2.54 bits per heavy atom. The first-order chi connectivity index (χ1) is 16.3. The predicted octanol–water partition coefficient (Wildman–Crippen LogP) is 5.10. The van der Waals surface area contributed by atoms with Gasteiger partial charge in [-0.15, -0.1) is 0 Å². The molecule has 8 nitrogen and oxygen atoms in total. The van der Waals surface area contributed by atoms with Crippen molar-refractivity contribution >= 4 is 41.4 Å². The quantitative estimate of drug-likeness (QED) is 0.374. The van der Waals surface area contributed by atoms with Gasteiger partial charge in [-0.3, -0.25) is 4.31 Å². The van der Waals surface area contributed by atoms with Gasteiger partial charge in [-0.25, -0.2) is 14.2 Å². The lowest BCUT2D eigenvalue weighted by atomic mass is 10.2. The van der Waals surface area contributed by atoms with Gasteiger partial charge in [-0.2, -0.15) is 18.2 Å². The normalized spacial score (nSPS) is 12.8. The fourth-order valence-corrected chi connectivity index (χ4v) is 4.74. The van der Waals surface area contributed by atoms with Crippen LogP contribution in [-0.2, 0) is 34.4 Å². The molecule has 0 saturated heterocycles. The number of halogens is 3. The molecule has 0 fully saturated rings. The van der Waals surface area contributed by atoms with E-state index in [0.29, 0.717) is 29.4 Å². The summed E-state index contributed by atoms with van der Waals surface area (Å²) < 4.78 is 66.3. The molecular formula is C22H26F3N6O2PS. The zero-order valence-electron chi connectivity index (χ0n) is 19.6. The van der Waals surface area contributed by atoms with Crippen LogP contribution < -0.4 is 14.9 Å². The lowest BCUT2D eigenvalue weighted by Crippen LogP contribution is -2.22. The second kappa shape index (κ2) is 10.7. The van der Waals surface area contributed by atoms with E-state index in [9.17, 15) is 21.9 Å². The average Bonchev–Trinajstić information content (AvgIpc) is 2.75. The van der Waals surface area contributed by atoms with Crippen molar-refractivity contribution in [2.24, 2.45) is 0 Å². The van der Waals surface area contributed by atoms with Gasteiger partial charge in [0.05, 0.1) is 7.14 Å². The zero-order valence-corrected chi connectivity index (χ0v) is 21.3. The number of rotatable bonds is 9. The molecule has 2 aromatic heterocycles. The van der Waals surface area contributed by atoms with Crippen molar-refractivity contribution in [1.82, 2.24) is 15.0 Å². The molecule has 0 aliphatic carbocycles. The van der Waals surface area contributed by atoms with Gasteiger partial charge in [-0.05, 0) is 37.1 Å². The Hall–Kier alpha value is -2.98. The van der Waals surface area contributed by atoms with Crippen molar-refractivity contribution < 1.29 is 21.9 Å². The first kappa shape index (κ1) is 26.6. The van der Waals surface area contributed by atoms with E-state index in [1.807, 2.05) is 6.07 Å². The maximum Gasteiger partial charge on any atom is 0.421 e. The molecule has 0 spiro atoms. The van der Waals surface area contributed by atoms with Crippen LogP contribution in [-0.4, -0.2) is 45.8 Å². The zero-order chi connectivity index (χ0) is 25.8. The molecule has 0 aliphatic rings. The third-order valence-electron chi connectivity index (χ3n) is 4.84. The Morgan fingerprint density at radius 1 is 1.14 bits per heavy atom. The highest BCUT2D eigenvalue weighted by atomic mass is 32.2. The van der Waals surface area contributed by atoms with Crippen molar-refractivity contribution in [1.29, 1.82) is 0 Å². The van der Waals surface area contributed by atoms with E-state index in [0.717, 1.165) is 5.56 Å². The van der Waals surface area contributed by atoms with Crippen LogP contribution in [0, 0.1) is 0 Å². The van der Waals surface area contributed by atoms with Gasteiger partial charge in [0.15, 0.2) is 0 Å². The molecule has 0 aliphatic heterocycles. The minimum atomic E-state index is -4.68. The second-order valence-corrected chi connectivity index (χ2v) is 13.1. The van der Waals surface area contributed by atoms with Crippen LogP contribution in [0.25, 0.3) is 0 Å². The smallest absolute Gasteiger partial charge is 0.365 e. The molecule has 2 N–H and O–H groups in total. The van der Waals surface area contributed by atoms with Crippen molar-refractivity contribution in [3.05, 3.63) is 65.5 Å². The van der Waals surface area contributed by atoms with Crippen molar-refractivity contribution in [3.63, 3.8) is 0 Å². The van der Waals surface area contributed by atoms with E-state index in [4.69, 9.17) is 0 Å². The summed E-state index contributed by atoms with van der Waals surface area (Å²) in [6.45, 7) is 3.34. The number of pyridine rings is 1. The first-order valence-electron chi connectivity index (χ1n) is 10.4. The molecule has 0 saturated carbocycles. The molecule has 35 heavy (non-hydrogen) atoms. The summed E-state index contributed by atoms with van der Waals surface area (Å²) in [5, 5.41) is 5.64. The van der Waals surface area contributed by atoms with Crippen molar-refractivity contribution in [2.75, 3.05) is 41.6 Å². The van der Waals surface area contributed by atoms with Gasteiger partial charge in [0.2, 0.25) is 5.95 Å². The molecule has 1 unspecified atom stereocenters. The van der Waals surface area contributed by atoms with Crippen LogP contribution in [0.3, 0.4) is 0 Å². The fourth-order valence-electron chi connectivity index (χ4n) is 3.25. The number of nitrogens with one attached hydrogen (secondary N) is 2. The summed E-state index contributed by atoms with van der Waals surface area (Å²) in [4.78, 5) is 12.1. The summed E-state index contributed by atoms with van der Waals surface area (Å²) >= 11 is 0. The Bertz CT molecular complexity index is 1270. The molecule has 0 bridgehead atoms. The Kier molecular flexibility index (Phi) is 8.17. The molecule has 13 heteroatoms. The van der Waals surface area contributed by atoms with Crippen LogP contribution in [0.15, 0.2) is 48.8 Å². The number of hydrogen-bond donors (Lipinski definition) is 2. The molecule has 1 aromatic carbocycles. The lowest BCUT2D eigenvalue weighted by molar-refractivity contribution is -0.137. The van der Waals surface area contributed by atoms with E-state index >= 15 is 0 Å². The average molecular weight is 527 g/mol. The van der Waals surface area contributed by atoms with Gasteiger partial charge in [0.1, 0.15) is 28.2 Å². The number of benzene rings is 1. The van der Waals surface area contributed by atoms with Crippen LogP contribution in [0.4, 0.5) is 36.4 Å². The summed E-state index contributed by atoms with van der Waals surface area (Å²) in [6.07, 6.45) is -0.576. The molecule has 2 heterocycles. The number of alkyl halides is 3. The standard InChI is InChI=1S/C22H26F3N6O2PS/c1-31(35(4)33)20-16(8-6-10-26-20)12-27-19-18(22(23,24)25)13-28-21(30-19)29-17-9-5-7-15(11-17)14-34(2,3)32/h5-11,13H,12,14H2,1-4H3,(H2,27,28,29,30). The van der Waals surface area contributed by atoms with Crippen molar-refractivity contribution in [2.45, 2.75) is 18.9 Å². The van der Waals surface area contributed by atoms with Crippen LogP contribution in [0.1, 0.15) is 16.7 Å². The fraction of sp³-hybridized carbons (Fsp3) is 0.318. The lowest BCUT2D eigenvalue weighted by Gasteiger charge is -2.19. The first-order valence-corrected chi connectivity index (χ1v) is 14.7. The molecule has 0 radical (unpaired) electrons. The maximum atomic E-state index is 13.6. The largest absolute Gasteiger partial charge is 0.421 e. The Labute approximate surface area is 204 Å². The Balaban J connectivity index is 1.88. The summed E-state index contributed by atoms with van der Waals surface area (Å²) in [6, 6.07) is 10.4. The molecule has 3 rings (SSSR count). The third-order valence-corrected chi connectivity index (χ3v) is 6.91. The van der Waals surface area contributed by atoms with Crippen molar-refractivity contribution in [3.8, 4) is 0 Å². The topological polar surface area (TPSA) is 100 Å². The molecule has 188 valence electrons. The minimum absolute atomic E-state index is 0.0352. The van der Waals surface area contributed by atoms with E-state index < -0.39 is 35.7 Å². The summed E-state index contributed by atoms with van der Waals surface area (Å²) in [7, 11) is -2.08. The SMILES string of the molecule is CN(c1ncccc1CNc1nc(Nc2cccc(CP(C)(C)=O)c2)ncc1C(F)(F)F)S(C)=O. The third kappa shape index (κ3) is 7.50. The van der Waals surface area contributed by atoms with E-state index in [-0.39, 0.29) is 12.5 Å². The van der Waals surface area contributed by atoms with Gasteiger partial charge in [0, 0.05) is 49.7 Å². The molecular weight excluding hydrogens is 500 g/mol. The van der Waals surface area contributed by atoms with Gasteiger partial charge < -0.3 is 15.2 Å². The van der Waals surface area contributed by atoms with Crippen LogP contribution in [0.5, 0.6) is 0 Å². The molecule has 1 atom stereocenters. The number of hydrogen-bond acceptors (Lipinski definition) is 7. The Morgan fingerprint density at radius 2 is 1.89 bits per heavy atom. The summed E-state index contributed by atoms with van der Waals surface area (Å²) in [5.74, 6) is -0.0670. The van der Waals surface area contributed by atoms with Gasteiger partial charge in [-0.1, -0.05) is 18.2 Å². The van der Waals surface area contributed by atoms with Crippen LogP contribution in [0.2, 0.25) is 0 Å². The molecule has 3 aromatic rings. The minimum Gasteiger partial charge on any atom is -0.365 e. The van der Waals surface area contributed by atoms with E-state index in [2.05, 4.69) is 25.6 Å². The highest BCUT2D eigenvalue weighted by Crippen LogP contribution is 2.40. The second-order valence-electron chi connectivity index (χ2n) is 8.27. The van der Waals surface area contributed by atoms with Gasteiger partial charge >= 0.3 is 6.18 Å². The number of anilines is 4. The number of nitrogens with zero attached hydrogens (tertiary/aromatic N) is 4. The van der Waals surface area contributed by atoms with Gasteiger partial charge in [0.25, 0.3) is 0 Å². The predicted molar refractivity (Wildman–Crippen MR) is 134 cm³/mol. The van der Waals surface area contributed by atoms with E-state index in [1.165, 1.54) is 16.8 Å². The van der Waals surface area contributed by atoms with E-state index in [1.54, 1.807) is 50.7 Å². The monoisotopic (exact) mass is 526 g/mol. The summed E-state index contributed by atoms with van der Waals surface area (Å²) in [5.41, 5.74) is 0.911. The highest BCUT2D eigenvalue weighted by molar-refractivity contribution is 7.85. The van der Waals surface area contributed by atoms with Crippen LogP contribution >= 0.6 is 7.14 Å². The maximum absolute atomic E-state index is 13.6. The molecule has 0 amide bonds. The number of aromatic nitrogens is 3.